The van der Waals surface area contributed by atoms with Crippen molar-refractivity contribution in [2.45, 2.75) is 69.7 Å². The first-order chi connectivity index (χ1) is 8.26. The van der Waals surface area contributed by atoms with Gasteiger partial charge in [-0.3, -0.25) is 0 Å². The third-order valence-electron chi connectivity index (χ3n) is 4.73. The van der Waals surface area contributed by atoms with Crippen LogP contribution in [0.2, 0.25) is 0 Å². The lowest BCUT2D eigenvalue weighted by atomic mass is 9.89. The molecule has 0 aromatic rings. The fourth-order valence-electron chi connectivity index (χ4n) is 3.70. The molecule has 98 valence electrons. The van der Waals surface area contributed by atoms with Gasteiger partial charge in [0.25, 0.3) is 0 Å². The van der Waals surface area contributed by atoms with Crippen LogP contribution < -0.4 is 5.32 Å². The summed E-state index contributed by atoms with van der Waals surface area (Å²) in [6.07, 6.45) is 8.72. The Morgan fingerprint density at radius 2 is 1.65 bits per heavy atom. The van der Waals surface area contributed by atoms with E-state index in [0.717, 1.165) is 38.0 Å². The van der Waals surface area contributed by atoms with Gasteiger partial charge in [0.1, 0.15) is 0 Å². The Hall–Kier alpha value is -0.120. The van der Waals surface area contributed by atoms with E-state index >= 15 is 0 Å². The van der Waals surface area contributed by atoms with Gasteiger partial charge in [-0.05, 0) is 38.0 Å². The molecule has 3 rings (SSSR count). The molecule has 1 aliphatic heterocycles. The Kier molecular flexibility index (Phi) is 3.42. The van der Waals surface area contributed by atoms with Crippen molar-refractivity contribution >= 4 is 0 Å². The quantitative estimate of drug-likeness (QED) is 0.803. The van der Waals surface area contributed by atoms with E-state index in [1.165, 1.54) is 32.1 Å². The van der Waals surface area contributed by atoms with Crippen molar-refractivity contribution in [2.75, 3.05) is 13.2 Å². The Morgan fingerprint density at radius 3 is 2.24 bits per heavy atom. The molecule has 0 radical (unpaired) electrons. The van der Waals surface area contributed by atoms with Gasteiger partial charge in [-0.25, -0.2) is 0 Å². The van der Waals surface area contributed by atoms with Crippen LogP contribution in [0.15, 0.2) is 0 Å². The molecule has 1 N–H and O–H groups in total. The number of nitrogens with one attached hydrogen (secondary N) is 1. The summed E-state index contributed by atoms with van der Waals surface area (Å²) in [6.45, 7) is 3.95. The summed E-state index contributed by atoms with van der Waals surface area (Å²) in [4.78, 5) is 0. The van der Waals surface area contributed by atoms with E-state index in [9.17, 15) is 0 Å². The van der Waals surface area contributed by atoms with Crippen molar-refractivity contribution in [1.82, 2.24) is 5.32 Å². The summed E-state index contributed by atoms with van der Waals surface area (Å²) in [6, 6.07) is 1.47. The van der Waals surface area contributed by atoms with Crippen LogP contribution in [0, 0.1) is 5.92 Å². The van der Waals surface area contributed by atoms with Gasteiger partial charge in [-0.1, -0.05) is 6.92 Å². The molecular formula is C14H25NO2. The average molecular weight is 239 g/mol. The Morgan fingerprint density at radius 1 is 0.941 bits per heavy atom. The van der Waals surface area contributed by atoms with Gasteiger partial charge in [0.2, 0.25) is 0 Å². The van der Waals surface area contributed by atoms with E-state index in [-0.39, 0.29) is 5.79 Å². The van der Waals surface area contributed by atoms with Crippen molar-refractivity contribution in [2.24, 2.45) is 5.92 Å². The lowest BCUT2D eigenvalue weighted by molar-refractivity contribution is -0.179. The monoisotopic (exact) mass is 239 g/mol. The molecule has 2 unspecified atom stereocenters. The summed E-state index contributed by atoms with van der Waals surface area (Å²) in [5, 5.41) is 3.84. The van der Waals surface area contributed by atoms with Crippen LogP contribution in [0.3, 0.4) is 0 Å². The van der Waals surface area contributed by atoms with E-state index in [2.05, 4.69) is 12.2 Å². The lowest BCUT2D eigenvalue weighted by Gasteiger charge is -2.36. The highest BCUT2D eigenvalue weighted by atomic mass is 16.7. The first-order valence-electron chi connectivity index (χ1n) is 7.30. The molecule has 0 bridgehead atoms. The molecule has 17 heavy (non-hydrogen) atoms. The number of hydrogen-bond donors (Lipinski definition) is 1. The Balaban J connectivity index is 1.45. The Labute approximate surface area is 104 Å². The van der Waals surface area contributed by atoms with Crippen molar-refractivity contribution in [3.05, 3.63) is 0 Å². The number of hydrogen-bond acceptors (Lipinski definition) is 3. The first-order valence-corrected chi connectivity index (χ1v) is 7.30. The van der Waals surface area contributed by atoms with Crippen LogP contribution in [-0.4, -0.2) is 31.1 Å². The topological polar surface area (TPSA) is 30.5 Å². The maximum atomic E-state index is 5.77. The summed E-state index contributed by atoms with van der Waals surface area (Å²) < 4.78 is 11.5. The standard InChI is InChI=1S/C14H25NO2/c1-11-2-3-13(10-11)15-12-4-6-14(7-5-12)16-8-9-17-14/h11-13,15H,2-10H2,1H3. The molecule has 3 fully saturated rings. The van der Waals surface area contributed by atoms with Gasteiger partial charge < -0.3 is 14.8 Å². The van der Waals surface area contributed by atoms with Crippen LogP contribution in [0.4, 0.5) is 0 Å². The van der Waals surface area contributed by atoms with E-state index in [0.29, 0.717) is 6.04 Å². The molecule has 3 aliphatic rings. The van der Waals surface area contributed by atoms with E-state index < -0.39 is 0 Å². The lowest BCUT2D eigenvalue weighted by Crippen LogP contribution is -2.44. The van der Waals surface area contributed by atoms with Gasteiger partial charge in [-0.15, -0.1) is 0 Å². The highest BCUT2D eigenvalue weighted by Crippen LogP contribution is 2.36. The molecule has 3 nitrogen and oxygen atoms in total. The number of rotatable bonds is 2. The third kappa shape index (κ3) is 2.67. The molecule has 0 amide bonds. The minimum Gasteiger partial charge on any atom is -0.348 e. The molecule has 0 aromatic carbocycles. The molecule has 2 aliphatic carbocycles. The van der Waals surface area contributed by atoms with Crippen LogP contribution in [0.25, 0.3) is 0 Å². The van der Waals surface area contributed by atoms with Gasteiger partial charge in [0.05, 0.1) is 13.2 Å². The summed E-state index contributed by atoms with van der Waals surface area (Å²) in [5.74, 6) is 0.727. The fraction of sp³-hybridized carbons (Fsp3) is 1.00. The fourth-order valence-corrected chi connectivity index (χ4v) is 3.70. The van der Waals surface area contributed by atoms with E-state index in [1.54, 1.807) is 0 Å². The van der Waals surface area contributed by atoms with E-state index in [1.807, 2.05) is 0 Å². The van der Waals surface area contributed by atoms with Crippen LogP contribution in [-0.2, 0) is 9.47 Å². The summed E-state index contributed by atoms with van der Waals surface area (Å²) >= 11 is 0. The zero-order chi connectivity index (χ0) is 11.7. The SMILES string of the molecule is CC1CCC(NC2CCC3(CC2)OCCO3)C1. The van der Waals surface area contributed by atoms with Gasteiger partial charge >= 0.3 is 0 Å². The minimum atomic E-state index is -0.193. The zero-order valence-corrected chi connectivity index (χ0v) is 10.9. The maximum absolute atomic E-state index is 5.77. The second-order valence-corrected chi connectivity index (χ2v) is 6.16. The smallest absolute Gasteiger partial charge is 0.168 e. The summed E-state index contributed by atoms with van der Waals surface area (Å²) in [5.41, 5.74) is 0. The maximum Gasteiger partial charge on any atom is 0.168 e. The molecule has 1 saturated heterocycles. The highest BCUT2D eigenvalue weighted by molar-refractivity contribution is 4.88. The minimum absolute atomic E-state index is 0.193. The van der Waals surface area contributed by atoms with Crippen molar-refractivity contribution in [3.63, 3.8) is 0 Å². The molecule has 2 saturated carbocycles. The van der Waals surface area contributed by atoms with Gasteiger partial charge in [-0.2, -0.15) is 0 Å². The molecular weight excluding hydrogens is 214 g/mol. The second kappa shape index (κ2) is 4.87. The highest BCUT2D eigenvalue weighted by Gasteiger charge is 2.40. The van der Waals surface area contributed by atoms with Gasteiger partial charge in [0, 0.05) is 24.9 Å². The van der Waals surface area contributed by atoms with Gasteiger partial charge in [0.15, 0.2) is 5.79 Å². The van der Waals surface area contributed by atoms with Crippen molar-refractivity contribution in [3.8, 4) is 0 Å². The van der Waals surface area contributed by atoms with Crippen LogP contribution >= 0.6 is 0 Å². The average Bonchev–Trinajstić information content (AvgIpc) is 2.93. The molecule has 2 atom stereocenters. The normalized spacial score (nSPS) is 37.9. The zero-order valence-electron chi connectivity index (χ0n) is 10.9. The Bertz CT molecular complexity index is 253. The molecule has 1 spiro atoms. The molecule has 1 heterocycles. The van der Waals surface area contributed by atoms with E-state index in [4.69, 9.17) is 9.47 Å². The summed E-state index contributed by atoms with van der Waals surface area (Å²) in [7, 11) is 0. The predicted molar refractivity (Wildman–Crippen MR) is 66.8 cm³/mol. The van der Waals surface area contributed by atoms with Crippen molar-refractivity contribution < 1.29 is 9.47 Å². The predicted octanol–water partition coefficient (Wildman–Crippen LogP) is 2.45. The van der Waals surface area contributed by atoms with Crippen molar-refractivity contribution in [1.29, 1.82) is 0 Å². The first kappa shape index (κ1) is 11.9. The van der Waals surface area contributed by atoms with Crippen LogP contribution in [0.1, 0.15) is 51.9 Å². The largest absolute Gasteiger partial charge is 0.348 e. The third-order valence-corrected chi connectivity index (χ3v) is 4.73. The molecule has 0 aromatic heterocycles. The second-order valence-electron chi connectivity index (χ2n) is 6.16. The molecule has 3 heteroatoms. The van der Waals surface area contributed by atoms with Crippen LogP contribution in [0.5, 0.6) is 0 Å². The number of ether oxygens (including phenoxy) is 2.